The minimum atomic E-state index is -1.24. The third kappa shape index (κ3) is 5.01. The summed E-state index contributed by atoms with van der Waals surface area (Å²) in [5.74, 6) is 0.529. The third-order valence-electron chi connectivity index (χ3n) is 4.92. The zero-order chi connectivity index (χ0) is 25.8. The predicted octanol–water partition coefficient (Wildman–Crippen LogP) is -0.383. The van der Waals surface area contributed by atoms with Gasteiger partial charge in [0.05, 0.1) is 0 Å². The minimum absolute atomic E-state index is 0.117. The summed E-state index contributed by atoms with van der Waals surface area (Å²) in [6, 6.07) is -0.947. The van der Waals surface area contributed by atoms with Gasteiger partial charge in [0.25, 0.3) is 11.8 Å². The van der Waals surface area contributed by atoms with Crippen LogP contribution in [0.1, 0.15) is 12.6 Å². The summed E-state index contributed by atoms with van der Waals surface area (Å²) in [7, 11) is 0. The summed E-state index contributed by atoms with van der Waals surface area (Å²) in [5.41, 5.74) is 6.15. The molecule has 4 heterocycles. The van der Waals surface area contributed by atoms with E-state index >= 15 is 0 Å². The van der Waals surface area contributed by atoms with E-state index in [9.17, 15) is 19.5 Å². The summed E-state index contributed by atoms with van der Waals surface area (Å²) < 4.78 is 1.42. The van der Waals surface area contributed by atoms with Gasteiger partial charge in [0.15, 0.2) is 10.8 Å². The highest BCUT2D eigenvalue weighted by molar-refractivity contribution is 8.01. The monoisotopic (exact) mass is 549 g/mol. The molecule has 2 aliphatic heterocycles. The maximum absolute atomic E-state index is 13.0. The van der Waals surface area contributed by atoms with Crippen LogP contribution in [-0.2, 0) is 25.8 Å². The van der Waals surface area contributed by atoms with Gasteiger partial charge in [0, 0.05) is 16.9 Å². The van der Waals surface area contributed by atoms with Gasteiger partial charge in [-0.2, -0.15) is 0 Å². The second-order valence-electron chi connectivity index (χ2n) is 7.16. The van der Waals surface area contributed by atoms with Crippen LogP contribution in [0.2, 0.25) is 0 Å². The lowest BCUT2D eigenvalue weighted by atomic mass is 10.0. The maximum Gasteiger partial charge on any atom is 0.352 e. The van der Waals surface area contributed by atoms with E-state index in [2.05, 4.69) is 36.9 Å². The number of hydrogen-bond acceptors (Lipinski definition) is 13. The van der Waals surface area contributed by atoms with Crippen LogP contribution in [0.4, 0.5) is 5.13 Å². The van der Waals surface area contributed by atoms with Crippen molar-refractivity contribution >= 4 is 63.5 Å². The molecule has 4 rings (SSSR count). The van der Waals surface area contributed by atoms with E-state index in [1.807, 2.05) is 0 Å². The molecule has 0 aliphatic carbocycles. The number of terminal acetylenes is 1. The standard InChI is InChI=1S/C19H19N9O5S3/c1-3-5-27-19(23-25-26-27)36-7-9-6-34-16-12(15(30)28(16)13(9)17(31)32)22-14(29)11(24-33-4-2)10-8-35-18(20)21-10/h1,8,12,16H,4-7H2,2H3,(H2,20,21)(H,22,29)(H,31,32)/b24-11-/t12?,16-/m1/s1. The van der Waals surface area contributed by atoms with Crippen LogP contribution in [0, 0.1) is 12.3 Å². The number of tetrazole rings is 1. The first-order chi connectivity index (χ1) is 17.3. The Morgan fingerprint density at radius 3 is 2.97 bits per heavy atom. The zero-order valence-corrected chi connectivity index (χ0v) is 21.1. The SMILES string of the molecule is C#CCn1nnnc1SCC1=C(C(=O)O)N2C(=O)C(NC(=O)/C(=N\OCC)c3csc(N)n3)[C@H]2SC1. The van der Waals surface area contributed by atoms with E-state index in [-0.39, 0.29) is 41.1 Å². The molecule has 2 amide bonds. The van der Waals surface area contributed by atoms with Gasteiger partial charge >= 0.3 is 5.97 Å². The summed E-state index contributed by atoms with van der Waals surface area (Å²) in [6.45, 7) is 2.09. The number of anilines is 1. The second kappa shape index (κ2) is 11.0. The number of aromatic nitrogens is 5. The molecule has 2 aromatic rings. The maximum atomic E-state index is 13.0. The first-order valence-corrected chi connectivity index (χ1v) is 13.2. The number of carboxylic acids is 1. The predicted molar refractivity (Wildman–Crippen MR) is 132 cm³/mol. The van der Waals surface area contributed by atoms with E-state index < -0.39 is 29.2 Å². The molecular weight excluding hydrogens is 530 g/mol. The Morgan fingerprint density at radius 1 is 1.50 bits per heavy atom. The summed E-state index contributed by atoms with van der Waals surface area (Å²) in [5, 5.41) is 29.2. The normalized spacial score (nSPS) is 19.4. The number of β-lactam (4-membered cyclic amide) rings is 1. The van der Waals surface area contributed by atoms with Crippen LogP contribution in [0.3, 0.4) is 0 Å². The quantitative estimate of drug-likeness (QED) is 0.115. The van der Waals surface area contributed by atoms with Gasteiger partial charge in [-0.05, 0) is 22.9 Å². The van der Waals surface area contributed by atoms with E-state index in [4.69, 9.17) is 17.0 Å². The van der Waals surface area contributed by atoms with Gasteiger partial charge in [0.2, 0.25) is 5.16 Å². The Kier molecular flexibility index (Phi) is 7.76. The highest BCUT2D eigenvalue weighted by atomic mass is 32.2. The number of thiazole rings is 1. The van der Waals surface area contributed by atoms with Crippen LogP contribution in [0.25, 0.3) is 0 Å². The van der Waals surface area contributed by atoms with Crippen molar-refractivity contribution in [3.8, 4) is 12.3 Å². The van der Waals surface area contributed by atoms with Crippen LogP contribution in [0.15, 0.2) is 27.0 Å². The summed E-state index contributed by atoms with van der Waals surface area (Å²) in [4.78, 5) is 48.3. The number of nitrogen functional groups attached to an aromatic ring is 1. The van der Waals surface area contributed by atoms with Gasteiger partial charge in [-0.3, -0.25) is 14.5 Å². The average molecular weight is 550 g/mol. The molecule has 0 saturated carbocycles. The Balaban J connectivity index is 1.49. The number of carboxylic acid groups (broad SMARTS) is 1. The van der Waals surface area contributed by atoms with E-state index in [0.29, 0.717) is 16.5 Å². The van der Waals surface area contributed by atoms with Crippen molar-refractivity contribution < 1.29 is 24.3 Å². The fourth-order valence-electron chi connectivity index (χ4n) is 3.37. The number of nitrogens with zero attached hydrogens (tertiary/aromatic N) is 7. The van der Waals surface area contributed by atoms with E-state index in [1.165, 1.54) is 33.1 Å². The first-order valence-electron chi connectivity index (χ1n) is 10.3. The van der Waals surface area contributed by atoms with Crippen LogP contribution in [0.5, 0.6) is 0 Å². The molecule has 2 atom stereocenters. The Morgan fingerprint density at radius 2 is 2.31 bits per heavy atom. The van der Waals surface area contributed by atoms with Crippen molar-refractivity contribution in [3.05, 3.63) is 22.3 Å². The fraction of sp³-hybridized carbons (Fsp3) is 0.368. The molecule has 2 aromatic heterocycles. The number of carbonyl (C=O) groups is 3. The van der Waals surface area contributed by atoms with Crippen molar-refractivity contribution in [2.45, 2.75) is 30.0 Å². The highest BCUT2D eigenvalue weighted by Crippen LogP contribution is 2.41. The molecule has 14 nitrogen and oxygen atoms in total. The molecule has 1 saturated heterocycles. The van der Waals surface area contributed by atoms with Crippen molar-refractivity contribution in [3.63, 3.8) is 0 Å². The van der Waals surface area contributed by atoms with E-state index in [0.717, 1.165) is 11.3 Å². The molecule has 36 heavy (non-hydrogen) atoms. The van der Waals surface area contributed by atoms with Crippen LogP contribution >= 0.6 is 34.9 Å². The zero-order valence-electron chi connectivity index (χ0n) is 18.7. The topological polar surface area (TPSA) is 191 Å². The molecule has 2 aliphatic rings. The fourth-order valence-corrected chi connectivity index (χ4v) is 6.28. The molecule has 1 unspecified atom stereocenters. The van der Waals surface area contributed by atoms with Gasteiger partial charge in [0.1, 0.15) is 36.0 Å². The molecule has 1 fully saturated rings. The van der Waals surface area contributed by atoms with Gasteiger partial charge < -0.3 is 21.0 Å². The summed E-state index contributed by atoms with van der Waals surface area (Å²) >= 11 is 3.68. The van der Waals surface area contributed by atoms with Crippen molar-refractivity contribution in [2.75, 3.05) is 23.8 Å². The summed E-state index contributed by atoms with van der Waals surface area (Å²) in [6.07, 6.45) is 5.31. The van der Waals surface area contributed by atoms with Crippen LogP contribution < -0.4 is 11.1 Å². The van der Waals surface area contributed by atoms with Crippen molar-refractivity contribution in [2.24, 2.45) is 5.16 Å². The number of amides is 2. The molecule has 17 heteroatoms. The molecular formula is C19H19N9O5S3. The Hall–Kier alpha value is -3.62. The Bertz CT molecular complexity index is 1300. The van der Waals surface area contributed by atoms with Crippen molar-refractivity contribution in [1.29, 1.82) is 0 Å². The third-order valence-corrected chi connectivity index (χ3v) is 7.97. The minimum Gasteiger partial charge on any atom is -0.477 e. The molecule has 188 valence electrons. The lowest BCUT2D eigenvalue weighted by Crippen LogP contribution is -2.71. The molecule has 0 spiro atoms. The molecule has 4 N–H and O–H groups in total. The number of thioether (sulfide) groups is 2. The molecule has 0 radical (unpaired) electrons. The van der Waals surface area contributed by atoms with Gasteiger partial charge in [-0.1, -0.05) is 22.8 Å². The highest BCUT2D eigenvalue weighted by Gasteiger charge is 2.54. The number of carbonyl (C=O) groups excluding carboxylic acids is 2. The molecule has 0 aromatic carbocycles. The van der Waals surface area contributed by atoms with Gasteiger partial charge in [-0.15, -0.1) is 34.6 Å². The second-order valence-corrected chi connectivity index (χ2v) is 10.1. The molecule has 0 bridgehead atoms. The lowest BCUT2D eigenvalue weighted by Gasteiger charge is -2.49. The number of oxime groups is 1. The number of nitrogens with two attached hydrogens (primary N) is 1. The number of fused-ring (bicyclic) bond motifs is 1. The number of hydrogen-bond donors (Lipinski definition) is 3. The van der Waals surface area contributed by atoms with E-state index in [1.54, 1.807) is 12.3 Å². The largest absolute Gasteiger partial charge is 0.477 e. The average Bonchev–Trinajstić information content (AvgIpc) is 3.49. The lowest BCUT2D eigenvalue weighted by molar-refractivity contribution is -0.150. The van der Waals surface area contributed by atoms with Crippen molar-refractivity contribution in [1.82, 2.24) is 35.4 Å². The Labute approximate surface area is 216 Å². The number of aliphatic carboxylic acids is 1. The van der Waals surface area contributed by atoms with Gasteiger partial charge in [-0.25, -0.2) is 14.5 Å². The number of rotatable bonds is 10. The number of nitrogens with one attached hydrogen (secondary N) is 1. The smallest absolute Gasteiger partial charge is 0.352 e. The van der Waals surface area contributed by atoms with Crippen LogP contribution in [-0.4, -0.2) is 88.2 Å². The first kappa shape index (κ1) is 25.5.